The molecule has 0 spiro atoms. The number of hydrogen-bond acceptors (Lipinski definition) is 4. The van der Waals surface area contributed by atoms with Crippen LogP contribution < -0.4 is 10.0 Å². The number of halogens is 1. The Bertz CT molecular complexity index is 404. The Morgan fingerprint density at radius 1 is 1.44 bits per heavy atom. The van der Waals surface area contributed by atoms with Crippen molar-refractivity contribution in [3.05, 3.63) is 11.9 Å². The molecule has 1 aromatic rings. The minimum absolute atomic E-state index is 0. The van der Waals surface area contributed by atoms with Gasteiger partial charge in [0.25, 0.3) is 0 Å². The summed E-state index contributed by atoms with van der Waals surface area (Å²) in [5.41, 5.74) is 0.547. The molecule has 0 saturated heterocycles. The molecule has 94 valence electrons. The summed E-state index contributed by atoms with van der Waals surface area (Å²) in [4.78, 5) is 0.207. The molecule has 0 fully saturated rings. The van der Waals surface area contributed by atoms with Crippen LogP contribution in [0.3, 0.4) is 0 Å². The summed E-state index contributed by atoms with van der Waals surface area (Å²) in [5.74, 6) is 0. The number of hydrogen-bond donors (Lipinski definition) is 3. The third-order valence-corrected chi connectivity index (χ3v) is 3.49. The highest BCUT2D eigenvalue weighted by molar-refractivity contribution is 7.89. The topological polar surface area (TPSA) is 86.9 Å². The number of aromatic nitrogens is 2. The van der Waals surface area contributed by atoms with Gasteiger partial charge in [-0.1, -0.05) is 6.92 Å². The van der Waals surface area contributed by atoms with E-state index in [0.29, 0.717) is 18.8 Å². The standard InChI is InChI=1S/C8H16N4O2S.ClH/c1-3-9-4-5-11-15(13,14)8-6-10-12-7(8)2;/h6,9,11H,3-5H2,1-2H3,(H,10,12);1H. The predicted molar refractivity (Wildman–Crippen MR) is 64.3 cm³/mol. The Labute approximate surface area is 102 Å². The number of rotatable bonds is 6. The minimum Gasteiger partial charge on any atom is -0.316 e. The van der Waals surface area contributed by atoms with E-state index in [1.165, 1.54) is 6.20 Å². The summed E-state index contributed by atoms with van der Waals surface area (Å²) in [6.45, 7) is 5.46. The van der Waals surface area contributed by atoms with Gasteiger partial charge in [-0.3, -0.25) is 5.10 Å². The van der Waals surface area contributed by atoms with Crippen molar-refractivity contribution < 1.29 is 8.42 Å². The normalized spacial score (nSPS) is 11.1. The Kier molecular flexibility index (Phi) is 6.58. The van der Waals surface area contributed by atoms with Crippen molar-refractivity contribution in [3.63, 3.8) is 0 Å². The molecule has 1 heterocycles. The maximum Gasteiger partial charge on any atom is 0.243 e. The van der Waals surface area contributed by atoms with Crippen LogP contribution in [-0.2, 0) is 10.0 Å². The fraction of sp³-hybridized carbons (Fsp3) is 0.625. The van der Waals surface area contributed by atoms with Crippen LogP contribution in [0.1, 0.15) is 12.6 Å². The molecule has 1 rings (SSSR count). The van der Waals surface area contributed by atoms with Crippen LogP contribution in [0.15, 0.2) is 11.1 Å². The van der Waals surface area contributed by atoms with Crippen LogP contribution in [-0.4, -0.2) is 38.2 Å². The maximum absolute atomic E-state index is 11.7. The first-order valence-electron chi connectivity index (χ1n) is 4.78. The second kappa shape index (κ2) is 6.85. The summed E-state index contributed by atoms with van der Waals surface area (Å²) in [5, 5.41) is 9.29. The van der Waals surface area contributed by atoms with Crippen LogP contribution in [0.4, 0.5) is 0 Å². The number of nitrogens with zero attached hydrogens (tertiary/aromatic N) is 1. The summed E-state index contributed by atoms with van der Waals surface area (Å²) in [7, 11) is -3.41. The van der Waals surface area contributed by atoms with E-state index in [1.807, 2.05) is 6.92 Å². The summed E-state index contributed by atoms with van der Waals surface area (Å²) in [6.07, 6.45) is 1.31. The van der Waals surface area contributed by atoms with Gasteiger partial charge in [0, 0.05) is 13.1 Å². The Morgan fingerprint density at radius 2 is 2.12 bits per heavy atom. The van der Waals surface area contributed by atoms with Crippen LogP contribution in [0.25, 0.3) is 0 Å². The average Bonchev–Trinajstić information content (AvgIpc) is 2.60. The number of nitrogens with one attached hydrogen (secondary N) is 3. The highest BCUT2D eigenvalue weighted by Crippen LogP contribution is 2.09. The lowest BCUT2D eigenvalue weighted by Crippen LogP contribution is -2.31. The minimum atomic E-state index is -3.41. The van der Waals surface area contributed by atoms with Crippen molar-refractivity contribution in [3.8, 4) is 0 Å². The molecule has 0 aliphatic rings. The molecule has 0 aromatic carbocycles. The average molecular weight is 269 g/mol. The summed E-state index contributed by atoms with van der Waals surface area (Å²) in [6, 6.07) is 0. The fourth-order valence-corrected chi connectivity index (χ4v) is 2.31. The van der Waals surface area contributed by atoms with Gasteiger partial charge in [-0.25, -0.2) is 13.1 Å². The molecule has 0 amide bonds. The molecule has 8 heteroatoms. The van der Waals surface area contributed by atoms with Crippen molar-refractivity contribution in [2.24, 2.45) is 0 Å². The zero-order chi connectivity index (χ0) is 11.3. The molecule has 0 saturated carbocycles. The quantitative estimate of drug-likeness (QED) is 0.635. The largest absolute Gasteiger partial charge is 0.316 e. The first-order chi connectivity index (χ1) is 7.08. The van der Waals surface area contributed by atoms with E-state index in [4.69, 9.17) is 0 Å². The third-order valence-electron chi connectivity index (χ3n) is 1.92. The van der Waals surface area contributed by atoms with Gasteiger partial charge in [-0.05, 0) is 13.5 Å². The summed E-state index contributed by atoms with van der Waals surface area (Å²) >= 11 is 0. The van der Waals surface area contributed by atoms with Crippen molar-refractivity contribution in [2.45, 2.75) is 18.7 Å². The van der Waals surface area contributed by atoms with Gasteiger partial charge >= 0.3 is 0 Å². The van der Waals surface area contributed by atoms with Gasteiger partial charge in [0.15, 0.2) is 0 Å². The van der Waals surface area contributed by atoms with Gasteiger partial charge in [0.05, 0.1) is 11.9 Å². The number of likely N-dealkylation sites (N-methyl/N-ethyl adjacent to an activating group) is 1. The maximum atomic E-state index is 11.7. The van der Waals surface area contributed by atoms with E-state index >= 15 is 0 Å². The SMILES string of the molecule is CCNCCNS(=O)(=O)c1cn[nH]c1C.Cl. The first-order valence-corrected chi connectivity index (χ1v) is 6.26. The highest BCUT2D eigenvalue weighted by Gasteiger charge is 2.17. The summed E-state index contributed by atoms with van der Waals surface area (Å²) < 4.78 is 25.8. The van der Waals surface area contributed by atoms with Crippen LogP contribution in [0.2, 0.25) is 0 Å². The molecule has 3 N–H and O–H groups in total. The van der Waals surface area contributed by atoms with E-state index in [-0.39, 0.29) is 17.3 Å². The van der Waals surface area contributed by atoms with E-state index in [2.05, 4.69) is 20.2 Å². The van der Waals surface area contributed by atoms with E-state index < -0.39 is 10.0 Å². The lowest BCUT2D eigenvalue weighted by Gasteiger charge is -2.05. The molecule has 0 unspecified atom stereocenters. The van der Waals surface area contributed by atoms with Gasteiger partial charge in [-0.2, -0.15) is 5.10 Å². The van der Waals surface area contributed by atoms with Gasteiger partial charge < -0.3 is 5.32 Å². The van der Waals surface area contributed by atoms with Crippen LogP contribution >= 0.6 is 12.4 Å². The Hall–Kier alpha value is -0.630. The smallest absolute Gasteiger partial charge is 0.243 e. The van der Waals surface area contributed by atoms with Crippen LogP contribution in [0, 0.1) is 6.92 Å². The molecular formula is C8H17ClN4O2S. The Morgan fingerprint density at radius 3 is 2.62 bits per heavy atom. The van der Waals surface area contributed by atoms with Crippen molar-refractivity contribution in [1.82, 2.24) is 20.2 Å². The van der Waals surface area contributed by atoms with E-state index in [9.17, 15) is 8.42 Å². The fourth-order valence-electron chi connectivity index (χ4n) is 1.14. The molecular weight excluding hydrogens is 252 g/mol. The highest BCUT2D eigenvalue weighted by atomic mass is 35.5. The molecule has 0 atom stereocenters. The third kappa shape index (κ3) is 4.09. The van der Waals surface area contributed by atoms with Gasteiger partial charge in [-0.15, -0.1) is 12.4 Å². The molecule has 6 nitrogen and oxygen atoms in total. The molecule has 0 bridgehead atoms. The zero-order valence-corrected chi connectivity index (χ0v) is 10.9. The second-order valence-electron chi connectivity index (χ2n) is 3.11. The molecule has 0 aliphatic heterocycles. The molecule has 1 aromatic heterocycles. The lowest BCUT2D eigenvalue weighted by molar-refractivity contribution is 0.577. The first kappa shape index (κ1) is 15.4. The predicted octanol–water partition coefficient (Wildman–Crippen LogP) is 0.0277. The van der Waals surface area contributed by atoms with Crippen LogP contribution in [0.5, 0.6) is 0 Å². The number of sulfonamides is 1. The number of aromatic amines is 1. The molecule has 0 aliphatic carbocycles. The van der Waals surface area contributed by atoms with Crippen molar-refractivity contribution in [2.75, 3.05) is 19.6 Å². The van der Waals surface area contributed by atoms with Crippen molar-refractivity contribution in [1.29, 1.82) is 0 Å². The van der Waals surface area contributed by atoms with E-state index in [0.717, 1.165) is 6.54 Å². The number of aryl methyl sites for hydroxylation is 1. The lowest BCUT2D eigenvalue weighted by atomic mass is 10.5. The van der Waals surface area contributed by atoms with E-state index in [1.54, 1.807) is 6.92 Å². The Balaban J connectivity index is 0.00000225. The molecule has 0 radical (unpaired) electrons. The van der Waals surface area contributed by atoms with Crippen molar-refractivity contribution >= 4 is 22.4 Å². The second-order valence-corrected chi connectivity index (χ2v) is 4.85. The number of H-pyrrole nitrogens is 1. The van der Waals surface area contributed by atoms with Gasteiger partial charge in [0.2, 0.25) is 10.0 Å². The monoisotopic (exact) mass is 268 g/mol. The van der Waals surface area contributed by atoms with Gasteiger partial charge in [0.1, 0.15) is 4.90 Å². The zero-order valence-electron chi connectivity index (χ0n) is 9.28. The molecule has 16 heavy (non-hydrogen) atoms.